The molecule has 1 aromatic carbocycles. The topological polar surface area (TPSA) is 80.6 Å². The smallest absolute Gasteiger partial charge is 0.449 e. The van der Waals surface area contributed by atoms with Gasteiger partial charge >= 0.3 is 6.18 Å². The second kappa shape index (κ2) is 9.46. The summed E-state index contributed by atoms with van der Waals surface area (Å²) >= 11 is 5.53. The zero-order valence-electron chi connectivity index (χ0n) is 14.7. The minimum absolute atomic E-state index is 0.0765. The van der Waals surface area contributed by atoms with Gasteiger partial charge in [0, 0.05) is 30.8 Å². The van der Waals surface area contributed by atoms with Gasteiger partial charge in [0.15, 0.2) is 6.61 Å². The number of amides is 2. The number of ether oxygens (including phenoxy) is 1. The van der Waals surface area contributed by atoms with Crippen LogP contribution in [0.5, 0.6) is 5.75 Å². The van der Waals surface area contributed by atoms with E-state index in [1.54, 1.807) is 0 Å². The van der Waals surface area contributed by atoms with Crippen LogP contribution in [0, 0.1) is 5.82 Å². The Bertz CT molecular complexity index is 912. The van der Waals surface area contributed by atoms with Crippen molar-refractivity contribution < 1.29 is 36.3 Å². The zero-order chi connectivity index (χ0) is 21.6. The first-order valence-electron chi connectivity index (χ1n) is 8.05. The van der Waals surface area contributed by atoms with E-state index in [1.165, 1.54) is 12.1 Å². The van der Waals surface area contributed by atoms with Crippen LogP contribution < -0.4 is 15.4 Å². The monoisotopic (exact) mass is 434 g/mol. The van der Waals surface area contributed by atoms with Crippen LogP contribution in [0.4, 0.5) is 17.6 Å². The summed E-state index contributed by atoms with van der Waals surface area (Å²) in [6, 6.07) is 4.29. The number of alkyl halides is 3. The van der Waals surface area contributed by atoms with Gasteiger partial charge in [0.1, 0.15) is 17.8 Å². The van der Waals surface area contributed by atoms with Crippen LogP contribution in [-0.2, 0) is 11.0 Å². The number of benzene rings is 1. The van der Waals surface area contributed by atoms with Crippen LogP contribution in [0.2, 0.25) is 5.02 Å². The Hall–Kier alpha value is -3.01. The third kappa shape index (κ3) is 6.83. The molecule has 0 spiro atoms. The van der Waals surface area contributed by atoms with Gasteiger partial charge in [-0.3, -0.25) is 9.59 Å². The van der Waals surface area contributed by atoms with Crippen LogP contribution in [0.1, 0.15) is 22.5 Å². The summed E-state index contributed by atoms with van der Waals surface area (Å²) in [5.41, 5.74) is -0.142. The number of carbonyl (C=O) groups is 2. The molecule has 0 saturated carbocycles. The largest absolute Gasteiger partial charge is 0.484 e. The van der Waals surface area contributed by atoms with Crippen LogP contribution in [0.3, 0.4) is 0 Å². The molecule has 0 aliphatic rings. The van der Waals surface area contributed by atoms with Crippen LogP contribution in [-0.4, -0.2) is 25.0 Å². The quantitative estimate of drug-likeness (QED) is 0.617. The maximum absolute atomic E-state index is 13.3. The fraction of sp³-hybridized carbons (Fsp3) is 0.222. The van der Waals surface area contributed by atoms with E-state index in [-0.39, 0.29) is 41.6 Å². The fourth-order valence-corrected chi connectivity index (χ4v) is 2.14. The van der Waals surface area contributed by atoms with Gasteiger partial charge in [-0.15, -0.1) is 0 Å². The standard InChI is InChI=1S/C18H15ClF4N2O4/c1-10(25-17(27)11-6-15(29-8-11)18(21,22)23)4-5-24-16(26)9-28-12-2-3-13(19)14(20)7-12/h2-3,6-8H,1,4-5,9H2,(H,24,26)(H,25,27). The molecule has 0 fully saturated rings. The van der Waals surface area contributed by atoms with Crippen LogP contribution in [0.15, 0.2) is 47.2 Å². The Balaban J connectivity index is 1.70. The first kappa shape index (κ1) is 22.3. The number of halogens is 5. The van der Waals surface area contributed by atoms with E-state index in [2.05, 4.69) is 21.6 Å². The maximum Gasteiger partial charge on any atom is 0.449 e. The molecule has 2 rings (SSSR count). The number of hydrogen-bond donors (Lipinski definition) is 2. The van der Waals surface area contributed by atoms with E-state index in [0.29, 0.717) is 12.3 Å². The zero-order valence-corrected chi connectivity index (χ0v) is 15.5. The minimum Gasteiger partial charge on any atom is -0.484 e. The van der Waals surface area contributed by atoms with Crippen molar-refractivity contribution in [1.82, 2.24) is 10.6 Å². The molecule has 29 heavy (non-hydrogen) atoms. The van der Waals surface area contributed by atoms with Gasteiger partial charge in [0.05, 0.1) is 10.6 Å². The minimum atomic E-state index is -4.69. The lowest BCUT2D eigenvalue weighted by molar-refractivity contribution is -0.153. The average Bonchev–Trinajstić information content (AvgIpc) is 3.13. The molecule has 1 aromatic heterocycles. The Kier molecular flexibility index (Phi) is 7.27. The van der Waals surface area contributed by atoms with E-state index in [0.717, 1.165) is 6.07 Å². The Morgan fingerprint density at radius 3 is 2.59 bits per heavy atom. The maximum atomic E-state index is 13.3. The van der Waals surface area contributed by atoms with Crippen LogP contribution in [0.25, 0.3) is 0 Å². The molecule has 2 amide bonds. The molecule has 156 valence electrons. The number of carbonyl (C=O) groups excluding carboxylic acids is 2. The molecule has 0 saturated heterocycles. The van der Waals surface area contributed by atoms with Gasteiger partial charge in [0.25, 0.3) is 11.8 Å². The molecule has 0 bridgehead atoms. The van der Waals surface area contributed by atoms with E-state index in [9.17, 15) is 27.2 Å². The van der Waals surface area contributed by atoms with Gasteiger partial charge in [-0.05, 0) is 12.1 Å². The van der Waals surface area contributed by atoms with Gasteiger partial charge in [0.2, 0.25) is 5.76 Å². The molecule has 0 atom stereocenters. The SMILES string of the molecule is C=C(CCNC(=O)COc1ccc(Cl)c(F)c1)NC(=O)c1coc(C(F)(F)F)c1. The Morgan fingerprint density at radius 2 is 1.97 bits per heavy atom. The lowest BCUT2D eigenvalue weighted by Crippen LogP contribution is -2.31. The van der Waals surface area contributed by atoms with E-state index in [4.69, 9.17) is 16.3 Å². The number of rotatable bonds is 8. The first-order valence-corrected chi connectivity index (χ1v) is 8.43. The highest BCUT2D eigenvalue weighted by atomic mass is 35.5. The molecular formula is C18H15ClF4N2O4. The van der Waals surface area contributed by atoms with Crippen molar-refractivity contribution in [3.05, 3.63) is 65.0 Å². The summed E-state index contributed by atoms with van der Waals surface area (Å²) in [5.74, 6) is -3.19. The van der Waals surface area contributed by atoms with Gasteiger partial charge in [-0.1, -0.05) is 18.2 Å². The Labute approximate surface area is 167 Å². The summed E-state index contributed by atoms with van der Waals surface area (Å²) in [6.45, 7) is 3.26. The second-order valence-electron chi connectivity index (χ2n) is 5.72. The van der Waals surface area contributed by atoms with Gasteiger partial charge in [-0.25, -0.2) is 4.39 Å². The highest BCUT2D eigenvalue weighted by molar-refractivity contribution is 6.30. The summed E-state index contributed by atoms with van der Waals surface area (Å²) in [5, 5.41) is 4.71. The van der Waals surface area contributed by atoms with E-state index in [1.807, 2.05) is 0 Å². The summed E-state index contributed by atoms with van der Waals surface area (Å²) in [4.78, 5) is 23.6. The molecule has 0 radical (unpaired) electrons. The normalized spacial score (nSPS) is 11.1. The van der Waals surface area contributed by atoms with Gasteiger partial charge < -0.3 is 19.8 Å². The molecule has 11 heteroatoms. The van der Waals surface area contributed by atoms with Crippen molar-refractivity contribution in [2.75, 3.05) is 13.2 Å². The molecule has 6 nitrogen and oxygen atoms in total. The van der Waals surface area contributed by atoms with Crippen molar-refractivity contribution in [3.8, 4) is 5.75 Å². The van der Waals surface area contributed by atoms with Crippen molar-refractivity contribution in [1.29, 1.82) is 0 Å². The van der Waals surface area contributed by atoms with Crippen molar-refractivity contribution in [2.24, 2.45) is 0 Å². The molecule has 0 unspecified atom stereocenters. The molecule has 2 N–H and O–H groups in total. The van der Waals surface area contributed by atoms with E-state index >= 15 is 0 Å². The molecule has 0 aliphatic carbocycles. The number of furan rings is 1. The highest BCUT2D eigenvalue weighted by Crippen LogP contribution is 2.30. The Morgan fingerprint density at radius 1 is 1.24 bits per heavy atom. The summed E-state index contributed by atoms with van der Waals surface area (Å²) in [7, 11) is 0. The molecule has 1 heterocycles. The van der Waals surface area contributed by atoms with Gasteiger partial charge in [-0.2, -0.15) is 13.2 Å². The molecule has 0 aliphatic heterocycles. The number of nitrogens with one attached hydrogen (secondary N) is 2. The molecular weight excluding hydrogens is 420 g/mol. The lowest BCUT2D eigenvalue weighted by Gasteiger charge is -2.10. The number of hydrogen-bond acceptors (Lipinski definition) is 4. The second-order valence-corrected chi connectivity index (χ2v) is 6.13. The fourth-order valence-electron chi connectivity index (χ4n) is 2.02. The summed E-state index contributed by atoms with van der Waals surface area (Å²) < 4.78 is 60.1. The van der Waals surface area contributed by atoms with E-state index < -0.39 is 29.6 Å². The summed E-state index contributed by atoms with van der Waals surface area (Å²) in [6.07, 6.45) is -3.89. The van der Waals surface area contributed by atoms with Crippen molar-refractivity contribution in [2.45, 2.75) is 12.6 Å². The first-order chi connectivity index (χ1) is 13.6. The third-order valence-electron chi connectivity index (χ3n) is 3.44. The van der Waals surface area contributed by atoms with Crippen LogP contribution >= 0.6 is 11.6 Å². The highest BCUT2D eigenvalue weighted by Gasteiger charge is 2.35. The van der Waals surface area contributed by atoms with Crippen molar-refractivity contribution in [3.63, 3.8) is 0 Å². The average molecular weight is 435 g/mol. The van der Waals surface area contributed by atoms with Crippen molar-refractivity contribution >= 4 is 23.4 Å². The molecule has 2 aromatic rings. The third-order valence-corrected chi connectivity index (χ3v) is 3.75. The predicted octanol–water partition coefficient (Wildman–Crippen LogP) is 3.92. The lowest BCUT2D eigenvalue weighted by atomic mass is 10.2. The predicted molar refractivity (Wildman–Crippen MR) is 94.8 cm³/mol.